The smallest absolute Gasteiger partial charge is 0.261 e. The molecule has 33 heavy (non-hydrogen) atoms. The van der Waals surface area contributed by atoms with Crippen molar-refractivity contribution < 1.29 is 9.53 Å². The molecule has 3 aromatic carbocycles. The molecule has 1 amide bonds. The second kappa shape index (κ2) is 8.45. The molecule has 5 rings (SSSR count). The third-order valence-electron chi connectivity index (χ3n) is 7.10. The average Bonchev–Trinajstić information content (AvgIpc) is 3.13. The quantitative estimate of drug-likeness (QED) is 0.373. The summed E-state index contributed by atoms with van der Waals surface area (Å²) in [5.41, 5.74) is 10.8. The highest BCUT2D eigenvalue weighted by Crippen LogP contribution is 2.38. The summed E-state index contributed by atoms with van der Waals surface area (Å²) < 4.78 is 6.28. The number of carbonyl (C=O) groups is 1. The van der Waals surface area contributed by atoms with E-state index in [1.54, 1.807) is 0 Å². The zero-order chi connectivity index (χ0) is 23.3. The molecule has 0 bridgehead atoms. The summed E-state index contributed by atoms with van der Waals surface area (Å²) in [5, 5.41) is 0.822. The fraction of sp³-hybridized carbons (Fsp3) is 0.286. The summed E-state index contributed by atoms with van der Waals surface area (Å²) in [6, 6.07) is 14.1. The molecule has 4 nitrogen and oxygen atoms in total. The van der Waals surface area contributed by atoms with E-state index in [9.17, 15) is 4.79 Å². The number of anilines is 1. The highest BCUT2D eigenvalue weighted by atomic mass is 79.9. The van der Waals surface area contributed by atoms with Crippen LogP contribution in [0.25, 0.3) is 0 Å². The van der Waals surface area contributed by atoms with Gasteiger partial charge in [0, 0.05) is 29.7 Å². The number of carbonyl (C=O) groups excluding carboxylic acids is 1. The van der Waals surface area contributed by atoms with Crippen molar-refractivity contribution in [1.29, 1.82) is 0 Å². The van der Waals surface area contributed by atoms with E-state index in [1.807, 2.05) is 48.4 Å². The molecule has 1 atom stereocenters. The fourth-order valence-electron chi connectivity index (χ4n) is 4.83. The Morgan fingerprint density at radius 1 is 1.03 bits per heavy atom. The van der Waals surface area contributed by atoms with Crippen LogP contribution in [-0.2, 0) is 18.4 Å². The maximum atomic E-state index is 13.5. The normalized spacial score (nSPS) is 16.3. The van der Waals surface area contributed by atoms with E-state index in [1.165, 1.54) is 33.4 Å². The third kappa shape index (κ3) is 3.68. The lowest BCUT2D eigenvalue weighted by molar-refractivity contribution is 0.0987. The summed E-state index contributed by atoms with van der Waals surface area (Å²) in [6.07, 6.45) is 2.70. The first-order valence-electron chi connectivity index (χ1n) is 11.3. The number of hydrogen-bond donors (Lipinski definition) is 0. The number of para-hydroxylation sites is 1. The maximum Gasteiger partial charge on any atom is 0.261 e. The maximum absolute atomic E-state index is 13.5. The fourth-order valence-corrected chi connectivity index (χ4v) is 5.42. The molecule has 168 valence electrons. The number of hydrogen-bond acceptors (Lipinski definition) is 3. The summed E-state index contributed by atoms with van der Waals surface area (Å²) in [7, 11) is 0. The van der Waals surface area contributed by atoms with Crippen LogP contribution in [0.5, 0.6) is 5.75 Å². The lowest BCUT2D eigenvalue weighted by atomic mass is 9.95. The first-order chi connectivity index (χ1) is 15.9. The van der Waals surface area contributed by atoms with Crippen LogP contribution < -0.4 is 9.64 Å². The molecule has 5 heteroatoms. The molecule has 0 unspecified atom stereocenters. The van der Waals surface area contributed by atoms with E-state index in [0.29, 0.717) is 17.9 Å². The van der Waals surface area contributed by atoms with E-state index in [2.05, 4.69) is 48.8 Å². The molecule has 3 aromatic rings. The average molecular weight is 503 g/mol. The molecule has 0 saturated heterocycles. The van der Waals surface area contributed by atoms with Gasteiger partial charge < -0.3 is 4.74 Å². The minimum Gasteiger partial charge on any atom is -0.489 e. The molecule has 2 aliphatic heterocycles. The Kier molecular flexibility index (Phi) is 5.61. The Hall–Kier alpha value is -2.92. The Morgan fingerprint density at radius 3 is 2.58 bits per heavy atom. The SMILES string of the molecule is Cc1cc2c(cc1OCc1cc(CBr)c(C)c(C)c1C)N=C[C@@H]1Cc3ccccc3N1C2=O. The van der Waals surface area contributed by atoms with Gasteiger partial charge in [-0.25, -0.2) is 0 Å². The predicted molar refractivity (Wildman–Crippen MR) is 138 cm³/mol. The number of halogens is 1. The Balaban J connectivity index is 1.45. The van der Waals surface area contributed by atoms with Crippen LogP contribution in [0.1, 0.15) is 49.3 Å². The monoisotopic (exact) mass is 502 g/mol. The molecular weight excluding hydrogens is 476 g/mol. The summed E-state index contributed by atoms with van der Waals surface area (Å²) in [4.78, 5) is 20.1. The van der Waals surface area contributed by atoms with Gasteiger partial charge in [-0.15, -0.1) is 0 Å². The molecule has 2 heterocycles. The van der Waals surface area contributed by atoms with Crippen molar-refractivity contribution in [2.75, 3.05) is 4.90 Å². The number of rotatable bonds is 4. The zero-order valence-corrected chi connectivity index (χ0v) is 21.0. The van der Waals surface area contributed by atoms with Crippen LogP contribution in [0.2, 0.25) is 0 Å². The van der Waals surface area contributed by atoms with Crippen molar-refractivity contribution in [3.63, 3.8) is 0 Å². The molecule has 2 aliphatic rings. The highest BCUT2D eigenvalue weighted by Gasteiger charge is 2.36. The molecular formula is C28H27BrN2O2. The summed E-state index contributed by atoms with van der Waals surface area (Å²) >= 11 is 3.60. The number of ether oxygens (including phenoxy) is 1. The second-order valence-corrected chi connectivity index (χ2v) is 9.54. The van der Waals surface area contributed by atoms with Gasteiger partial charge in [-0.05, 0) is 78.8 Å². The number of benzene rings is 3. The van der Waals surface area contributed by atoms with Gasteiger partial charge in [-0.3, -0.25) is 14.7 Å². The molecule has 0 aliphatic carbocycles. The van der Waals surface area contributed by atoms with Gasteiger partial charge in [0.15, 0.2) is 0 Å². The first kappa shape index (κ1) is 21.9. The van der Waals surface area contributed by atoms with Gasteiger partial charge in [0.1, 0.15) is 12.4 Å². The summed E-state index contributed by atoms with van der Waals surface area (Å²) in [5.74, 6) is 0.762. The standard InChI is InChI=1S/C28H27BrN2O2/c1-16-9-24-25(30-14-23-11-20-7-5-6-8-26(20)31(23)28(24)32)12-27(16)33-15-22-10-21(13-29)18(3)17(2)19(22)4/h5-10,12,14,23H,11,13,15H2,1-4H3/t23-/m0/s1. The van der Waals surface area contributed by atoms with Gasteiger partial charge in [0.05, 0.1) is 17.3 Å². The number of aryl methyl sites for hydroxylation is 1. The van der Waals surface area contributed by atoms with Gasteiger partial charge in [-0.2, -0.15) is 0 Å². The van der Waals surface area contributed by atoms with Crippen molar-refractivity contribution in [3.05, 3.63) is 87.0 Å². The van der Waals surface area contributed by atoms with Crippen molar-refractivity contribution in [3.8, 4) is 5.75 Å². The number of amides is 1. The van der Waals surface area contributed by atoms with E-state index >= 15 is 0 Å². The van der Waals surface area contributed by atoms with Crippen LogP contribution >= 0.6 is 15.9 Å². The largest absolute Gasteiger partial charge is 0.489 e. The highest BCUT2D eigenvalue weighted by molar-refractivity contribution is 9.08. The number of aliphatic imine (C=N–C) groups is 1. The van der Waals surface area contributed by atoms with Crippen molar-refractivity contribution in [2.45, 2.75) is 52.1 Å². The van der Waals surface area contributed by atoms with Crippen LogP contribution in [0, 0.1) is 27.7 Å². The molecule has 0 aromatic heterocycles. The van der Waals surface area contributed by atoms with Gasteiger partial charge >= 0.3 is 0 Å². The zero-order valence-electron chi connectivity index (χ0n) is 19.4. The number of alkyl halides is 1. The van der Waals surface area contributed by atoms with Gasteiger partial charge in [0.2, 0.25) is 0 Å². The van der Waals surface area contributed by atoms with Crippen LogP contribution in [-0.4, -0.2) is 18.2 Å². The lowest BCUT2D eigenvalue weighted by Gasteiger charge is -2.22. The number of nitrogens with zero attached hydrogens (tertiary/aromatic N) is 2. The van der Waals surface area contributed by atoms with Crippen LogP contribution in [0.15, 0.2) is 47.5 Å². The van der Waals surface area contributed by atoms with E-state index in [4.69, 9.17) is 9.73 Å². The van der Waals surface area contributed by atoms with Gasteiger partial charge in [-0.1, -0.05) is 40.2 Å². The molecule has 0 fully saturated rings. The van der Waals surface area contributed by atoms with E-state index in [-0.39, 0.29) is 11.9 Å². The minimum atomic E-state index is -0.0483. The molecule has 0 spiro atoms. The van der Waals surface area contributed by atoms with Crippen LogP contribution in [0.3, 0.4) is 0 Å². The Labute approximate surface area is 203 Å². The van der Waals surface area contributed by atoms with E-state index in [0.717, 1.165) is 28.8 Å². The topological polar surface area (TPSA) is 41.9 Å². The number of fused-ring (bicyclic) bond motifs is 4. The molecule has 0 radical (unpaired) electrons. The van der Waals surface area contributed by atoms with Gasteiger partial charge in [0.25, 0.3) is 5.91 Å². The second-order valence-electron chi connectivity index (χ2n) is 8.98. The van der Waals surface area contributed by atoms with Crippen LogP contribution in [0.4, 0.5) is 11.4 Å². The first-order valence-corrected chi connectivity index (χ1v) is 12.4. The molecule has 0 saturated carbocycles. The van der Waals surface area contributed by atoms with E-state index < -0.39 is 0 Å². The third-order valence-corrected chi connectivity index (χ3v) is 7.71. The lowest BCUT2D eigenvalue weighted by Crippen LogP contribution is -2.37. The van der Waals surface area contributed by atoms with Crippen molar-refractivity contribution in [2.24, 2.45) is 4.99 Å². The van der Waals surface area contributed by atoms with Crippen molar-refractivity contribution in [1.82, 2.24) is 0 Å². The molecule has 0 N–H and O–H groups in total. The van der Waals surface area contributed by atoms with Crippen molar-refractivity contribution >= 4 is 39.4 Å². The summed E-state index contributed by atoms with van der Waals surface area (Å²) in [6.45, 7) is 8.95. The minimum absolute atomic E-state index is 0.000864. The predicted octanol–water partition coefficient (Wildman–Crippen LogP) is 6.68. The Morgan fingerprint density at radius 2 is 1.79 bits per heavy atom. The Bertz CT molecular complexity index is 1310.